The van der Waals surface area contributed by atoms with Crippen molar-refractivity contribution in [2.24, 2.45) is 0 Å². The highest BCUT2D eigenvalue weighted by molar-refractivity contribution is 5.82. The van der Waals surface area contributed by atoms with Crippen LogP contribution in [0.5, 0.6) is 0 Å². The molecule has 1 saturated heterocycles. The highest BCUT2D eigenvalue weighted by Gasteiger charge is 2.23. The monoisotopic (exact) mass is 248 g/mol. The number of nitrogens with one attached hydrogen (secondary N) is 2. The third-order valence-electron chi connectivity index (χ3n) is 3.27. The summed E-state index contributed by atoms with van der Waals surface area (Å²) >= 11 is 0. The molecule has 2 atom stereocenters. The molecule has 0 spiro atoms. The quantitative estimate of drug-likeness (QED) is 0.709. The fourth-order valence-electron chi connectivity index (χ4n) is 2.27. The lowest BCUT2D eigenvalue weighted by Crippen LogP contribution is -2.47. The smallest absolute Gasteiger partial charge is 0.237 e. The van der Waals surface area contributed by atoms with E-state index in [1.807, 2.05) is 30.3 Å². The number of aliphatic hydroxyl groups is 1. The molecule has 4 nitrogen and oxygen atoms in total. The van der Waals surface area contributed by atoms with Crippen molar-refractivity contribution in [2.45, 2.75) is 31.3 Å². The SMILES string of the molecule is O=C(NC(CO)Cc1ccccc1)[C@H]1CCCN1. The van der Waals surface area contributed by atoms with Crippen LogP contribution >= 0.6 is 0 Å². The Balaban J connectivity index is 1.87. The minimum absolute atomic E-state index is 0.00230. The Hall–Kier alpha value is -1.39. The van der Waals surface area contributed by atoms with Gasteiger partial charge in [0.25, 0.3) is 0 Å². The molecule has 4 heteroatoms. The summed E-state index contributed by atoms with van der Waals surface area (Å²) in [5.41, 5.74) is 1.12. The van der Waals surface area contributed by atoms with Crippen molar-refractivity contribution in [2.75, 3.05) is 13.2 Å². The molecule has 1 aromatic rings. The highest BCUT2D eigenvalue weighted by atomic mass is 16.3. The average Bonchev–Trinajstić information content (AvgIpc) is 2.93. The minimum Gasteiger partial charge on any atom is -0.394 e. The van der Waals surface area contributed by atoms with Crippen molar-refractivity contribution < 1.29 is 9.90 Å². The summed E-state index contributed by atoms with van der Waals surface area (Å²) in [6, 6.07) is 9.59. The van der Waals surface area contributed by atoms with Crippen LogP contribution in [0.25, 0.3) is 0 Å². The van der Waals surface area contributed by atoms with Crippen LogP contribution in [0.3, 0.4) is 0 Å². The molecule has 2 rings (SSSR count). The van der Waals surface area contributed by atoms with E-state index in [0.29, 0.717) is 6.42 Å². The zero-order valence-electron chi connectivity index (χ0n) is 10.4. The molecule has 1 aliphatic rings. The molecule has 98 valence electrons. The van der Waals surface area contributed by atoms with Crippen molar-refractivity contribution in [3.05, 3.63) is 35.9 Å². The van der Waals surface area contributed by atoms with Crippen molar-refractivity contribution in [3.63, 3.8) is 0 Å². The predicted octanol–water partition coefficient (Wildman–Crippen LogP) is 0.458. The number of hydrogen-bond acceptors (Lipinski definition) is 3. The Kier molecular flexibility index (Phi) is 4.73. The normalized spacial score (nSPS) is 20.6. The van der Waals surface area contributed by atoms with Crippen LogP contribution in [0.2, 0.25) is 0 Å². The maximum Gasteiger partial charge on any atom is 0.237 e. The molecule has 1 amide bonds. The maximum atomic E-state index is 11.9. The number of amides is 1. The maximum absolute atomic E-state index is 11.9. The van der Waals surface area contributed by atoms with Gasteiger partial charge >= 0.3 is 0 Å². The molecular weight excluding hydrogens is 228 g/mol. The van der Waals surface area contributed by atoms with Crippen LogP contribution in [0.1, 0.15) is 18.4 Å². The van der Waals surface area contributed by atoms with Gasteiger partial charge in [-0.05, 0) is 31.4 Å². The van der Waals surface area contributed by atoms with E-state index < -0.39 is 0 Å². The van der Waals surface area contributed by atoms with Gasteiger partial charge in [0.1, 0.15) is 0 Å². The van der Waals surface area contributed by atoms with Crippen LogP contribution < -0.4 is 10.6 Å². The van der Waals surface area contributed by atoms with E-state index in [2.05, 4.69) is 10.6 Å². The second-order valence-corrected chi connectivity index (χ2v) is 4.73. The molecule has 18 heavy (non-hydrogen) atoms. The number of carbonyl (C=O) groups is 1. The van der Waals surface area contributed by atoms with Gasteiger partial charge in [0, 0.05) is 0 Å². The van der Waals surface area contributed by atoms with Crippen molar-refractivity contribution in [1.29, 1.82) is 0 Å². The topological polar surface area (TPSA) is 61.4 Å². The zero-order chi connectivity index (χ0) is 12.8. The summed E-state index contributed by atoms with van der Waals surface area (Å²) in [5, 5.41) is 15.4. The molecule has 3 N–H and O–H groups in total. The van der Waals surface area contributed by atoms with E-state index in [0.717, 1.165) is 24.9 Å². The van der Waals surface area contributed by atoms with Gasteiger partial charge in [0.15, 0.2) is 0 Å². The van der Waals surface area contributed by atoms with Gasteiger partial charge in [-0.3, -0.25) is 4.79 Å². The van der Waals surface area contributed by atoms with E-state index in [4.69, 9.17) is 0 Å². The van der Waals surface area contributed by atoms with Gasteiger partial charge in [-0.2, -0.15) is 0 Å². The Labute approximate surface area is 107 Å². The lowest BCUT2D eigenvalue weighted by atomic mass is 10.1. The third kappa shape index (κ3) is 3.55. The van der Waals surface area contributed by atoms with Gasteiger partial charge < -0.3 is 15.7 Å². The fraction of sp³-hybridized carbons (Fsp3) is 0.500. The first kappa shape index (κ1) is 13.1. The molecule has 0 bridgehead atoms. The number of rotatable bonds is 5. The van der Waals surface area contributed by atoms with Gasteiger partial charge in [-0.15, -0.1) is 0 Å². The first-order valence-corrected chi connectivity index (χ1v) is 6.48. The van der Waals surface area contributed by atoms with Crippen LogP contribution in [-0.4, -0.2) is 36.2 Å². The number of carbonyl (C=O) groups excluding carboxylic acids is 1. The Morgan fingerprint density at radius 3 is 2.83 bits per heavy atom. The van der Waals surface area contributed by atoms with Gasteiger partial charge in [0.2, 0.25) is 5.91 Å². The second-order valence-electron chi connectivity index (χ2n) is 4.73. The molecule has 1 aromatic carbocycles. The molecule has 0 saturated carbocycles. The Bertz CT molecular complexity index is 375. The lowest BCUT2D eigenvalue weighted by molar-refractivity contribution is -0.123. The zero-order valence-corrected chi connectivity index (χ0v) is 10.4. The first-order valence-electron chi connectivity index (χ1n) is 6.48. The Morgan fingerprint density at radius 1 is 1.44 bits per heavy atom. The molecule has 0 aliphatic carbocycles. The van der Waals surface area contributed by atoms with Gasteiger partial charge in [-0.1, -0.05) is 30.3 Å². The summed E-state index contributed by atoms with van der Waals surface area (Å²) < 4.78 is 0. The molecule has 1 aliphatic heterocycles. The molecule has 1 unspecified atom stereocenters. The molecule has 0 radical (unpaired) electrons. The predicted molar refractivity (Wildman–Crippen MR) is 70.2 cm³/mol. The number of benzene rings is 1. The van der Waals surface area contributed by atoms with E-state index in [-0.39, 0.29) is 24.6 Å². The first-order chi connectivity index (χ1) is 8.79. The molecular formula is C14H20N2O2. The van der Waals surface area contributed by atoms with Crippen LogP contribution in [0.15, 0.2) is 30.3 Å². The van der Waals surface area contributed by atoms with E-state index >= 15 is 0 Å². The second kappa shape index (κ2) is 6.52. The van der Waals surface area contributed by atoms with Crippen molar-refractivity contribution in [1.82, 2.24) is 10.6 Å². The van der Waals surface area contributed by atoms with Gasteiger partial charge in [-0.25, -0.2) is 0 Å². The minimum atomic E-state index is -0.206. The highest BCUT2D eigenvalue weighted by Crippen LogP contribution is 2.07. The standard InChI is InChI=1S/C14H20N2O2/c17-10-12(9-11-5-2-1-3-6-11)16-14(18)13-7-4-8-15-13/h1-3,5-6,12-13,15,17H,4,7-10H2,(H,16,18)/t12?,13-/m1/s1. The third-order valence-corrected chi connectivity index (χ3v) is 3.27. The molecule has 1 heterocycles. The lowest BCUT2D eigenvalue weighted by Gasteiger charge is -2.19. The van der Waals surface area contributed by atoms with Gasteiger partial charge in [0.05, 0.1) is 18.7 Å². The summed E-state index contributed by atoms with van der Waals surface area (Å²) in [6.45, 7) is 0.869. The van der Waals surface area contributed by atoms with E-state index in [1.165, 1.54) is 0 Å². The van der Waals surface area contributed by atoms with Crippen LogP contribution in [-0.2, 0) is 11.2 Å². The number of aliphatic hydroxyl groups excluding tert-OH is 1. The summed E-state index contributed by atoms with van der Waals surface area (Å²) in [5.74, 6) is 0.00230. The van der Waals surface area contributed by atoms with Crippen LogP contribution in [0, 0.1) is 0 Å². The van der Waals surface area contributed by atoms with Crippen molar-refractivity contribution >= 4 is 5.91 Å². The van der Waals surface area contributed by atoms with Crippen molar-refractivity contribution in [3.8, 4) is 0 Å². The van der Waals surface area contributed by atoms with E-state index in [9.17, 15) is 9.90 Å². The summed E-state index contributed by atoms with van der Waals surface area (Å²) in [4.78, 5) is 11.9. The van der Waals surface area contributed by atoms with Crippen LogP contribution in [0.4, 0.5) is 0 Å². The Morgan fingerprint density at radius 2 is 2.22 bits per heavy atom. The molecule has 1 fully saturated rings. The average molecular weight is 248 g/mol. The summed E-state index contributed by atoms with van der Waals surface area (Å²) in [6.07, 6.45) is 2.59. The summed E-state index contributed by atoms with van der Waals surface area (Å²) in [7, 11) is 0. The largest absolute Gasteiger partial charge is 0.394 e. The fourth-order valence-corrected chi connectivity index (χ4v) is 2.27. The molecule has 0 aromatic heterocycles. The van der Waals surface area contributed by atoms with E-state index in [1.54, 1.807) is 0 Å². The number of hydrogen-bond donors (Lipinski definition) is 3.